The summed E-state index contributed by atoms with van der Waals surface area (Å²) >= 11 is 5.59. The van der Waals surface area contributed by atoms with Crippen LogP contribution in [-0.4, -0.2) is 15.0 Å². The van der Waals surface area contributed by atoms with Crippen molar-refractivity contribution in [3.63, 3.8) is 0 Å². The van der Waals surface area contributed by atoms with Crippen LogP contribution in [0.3, 0.4) is 0 Å². The van der Waals surface area contributed by atoms with Gasteiger partial charge in [0.25, 0.3) is 5.88 Å². The molecule has 0 bridgehead atoms. The van der Waals surface area contributed by atoms with Crippen molar-refractivity contribution in [1.82, 2.24) is 15.0 Å². The Labute approximate surface area is 112 Å². The van der Waals surface area contributed by atoms with E-state index in [4.69, 9.17) is 16.3 Å². The third-order valence-corrected chi connectivity index (χ3v) is 2.64. The highest BCUT2D eigenvalue weighted by Gasteiger charge is 2.09. The maximum Gasteiger partial charge on any atom is 0.260 e. The van der Waals surface area contributed by atoms with Crippen molar-refractivity contribution in [2.24, 2.45) is 0 Å². The number of halogens is 2. The van der Waals surface area contributed by atoms with E-state index in [-0.39, 0.29) is 11.2 Å². The first-order chi connectivity index (χ1) is 9.22. The van der Waals surface area contributed by atoms with Gasteiger partial charge >= 0.3 is 0 Å². The second-order valence-corrected chi connectivity index (χ2v) is 4.10. The Bertz CT molecular complexity index is 751. The molecule has 0 spiro atoms. The molecule has 0 saturated heterocycles. The smallest absolute Gasteiger partial charge is 0.260 e. The molecule has 0 aliphatic rings. The van der Waals surface area contributed by atoms with E-state index in [0.29, 0.717) is 5.75 Å². The molecule has 2 heterocycles. The van der Waals surface area contributed by atoms with Gasteiger partial charge in [-0.2, -0.15) is 9.37 Å². The maximum atomic E-state index is 13.4. The third-order valence-electron chi connectivity index (χ3n) is 2.46. The minimum atomic E-state index is -0.683. The quantitative estimate of drug-likeness (QED) is 0.670. The molecule has 0 unspecified atom stereocenters. The van der Waals surface area contributed by atoms with Crippen LogP contribution in [0.5, 0.6) is 11.6 Å². The highest BCUT2D eigenvalue weighted by atomic mass is 35.5. The van der Waals surface area contributed by atoms with Gasteiger partial charge in [-0.15, -0.1) is 0 Å². The number of pyridine rings is 1. The Hall–Kier alpha value is -2.27. The van der Waals surface area contributed by atoms with Crippen LogP contribution in [0.15, 0.2) is 42.7 Å². The largest absolute Gasteiger partial charge is 0.435 e. The van der Waals surface area contributed by atoms with E-state index >= 15 is 0 Å². The zero-order valence-corrected chi connectivity index (χ0v) is 10.3. The van der Waals surface area contributed by atoms with E-state index in [0.717, 1.165) is 17.1 Å². The van der Waals surface area contributed by atoms with E-state index in [1.807, 2.05) is 24.3 Å². The van der Waals surface area contributed by atoms with Gasteiger partial charge in [0.15, 0.2) is 0 Å². The number of nitrogens with zero attached hydrogens (tertiary/aromatic N) is 3. The van der Waals surface area contributed by atoms with Crippen molar-refractivity contribution < 1.29 is 9.13 Å². The van der Waals surface area contributed by atoms with Crippen LogP contribution in [0.4, 0.5) is 4.39 Å². The maximum absolute atomic E-state index is 13.4. The molecule has 4 nitrogen and oxygen atoms in total. The van der Waals surface area contributed by atoms with Gasteiger partial charge in [0, 0.05) is 5.39 Å². The molecule has 0 aliphatic heterocycles. The van der Waals surface area contributed by atoms with Crippen LogP contribution >= 0.6 is 11.6 Å². The summed E-state index contributed by atoms with van der Waals surface area (Å²) in [4.78, 5) is 11.4. The first-order valence-corrected chi connectivity index (χ1v) is 5.81. The summed E-state index contributed by atoms with van der Waals surface area (Å²) in [6.45, 7) is 0. The molecule has 94 valence electrons. The first kappa shape index (κ1) is 11.8. The molecule has 0 radical (unpaired) electrons. The summed E-state index contributed by atoms with van der Waals surface area (Å²) in [5.41, 5.74) is 0.830. The van der Waals surface area contributed by atoms with E-state index in [1.54, 1.807) is 6.07 Å². The number of hydrogen-bond donors (Lipinski definition) is 0. The predicted molar refractivity (Wildman–Crippen MR) is 68.8 cm³/mol. The predicted octanol–water partition coefficient (Wildman–Crippen LogP) is 3.61. The molecular weight excluding hydrogens is 269 g/mol. The summed E-state index contributed by atoms with van der Waals surface area (Å²) in [5, 5.41) is 0.811. The van der Waals surface area contributed by atoms with Crippen molar-refractivity contribution in [1.29, 1.82) is 0 Å². The van der Waals surface area contributed by atoms with Crippen LogP contribution in [0.2, 0.25) is 5.28 Å². The van der Waals surface area contributed by atoms with Crippen molar-refractivity contribution in [3.05, 3.63) is 53.8 Å². The van der Waals surface area contributed by atoms with E-state index < -0.39 is 5.82 Å². The summed E-state index contributed by atoms with van der Waals surface area (Å²) in [5.74, 6) is -0.526. The number of aromatic nitrogens is 3. The fourth-order valence-electron chi connectivity index (χ4n) is 1.62. The molecule has 19 heavy (non-hydrogen) atoms. The molecule has 3 aromatic rings. The molecule has 1 aromatic carbocycles. The zero-order chi connectivity index (χ0) is 13.2. The normalized spacial score (nSPS) is 10.6. The lowest BCUT2D eigenvalue weighted by Crippen LogP contribution is -1.95. The average Bonchev–Trinajstić information content (AvgIpc) is 2.43. The average molecular weight is 276 g/mol. The fourth-order valence-corrected chi connectivity index (χ4v) is 1.75. The second kappa shape index (κ2) is 4.78. The Morgan fingerprint density at radius 2 is 1.95 bits per heavy atom. The Kier molecular flexibility index (Phi) is 2.97. The summed E-state index contributed by atoms with van der Waals surface area (Å²) in [6.07, 6.45) is 2.46. The highest BCUT2D eigenvalue weighted by Crippen LogP contribution is 2.24. The van der Waals surface area contributed by atoms with E-state index in [9.17, 15) is 4.39 Å². The second-order valence-electron chi connectivity index (χ2n) is 3.76. The Balaban J connectivity index is 1.98. The minimum Gasteiger partial charge on any atom is -0.435 e. The van der Waals surface area contributed by atoms with Crippen molar-refractivity contribution in [2.45, 2.75) is 0 Å². The molecule has 0 N–H and O–H groups in total. The lowest BCUT2D eigenvalue weighted by atomic mass is 10.2. The van der Waals surface area contributed by atoms with E-state index in [2.05, 4.69) is 15.0 Å². The van der Waals surface area contributed by atoms with Crippen molar-refractivity contribution in [2.75, 3.05) is 0 Å². The van der Waals surface area contributed by atoms with Crippen molar-refractivity contribution >= 4 is 22.5 Å². The van der Waals surface area contributed by atoms with Crippen LogP contribution in [0.1, 0.15) is 0 Å². The van der Waals surface area contributed by atoms with Gasteiger partial charge in [0.05, 0.1) is 17.9 Å². The monoisotopic (exact) mass is 275 g/mol. The minimum absolute atomic E-state index is 0.0786. The zero-order valence-electron chi connectivity index (χ0n) is 9.55. The molecule has 6 heteroatoms. The van der Waals surface area contributed by atoms with Crippen LogP contribution in [0.25, 0.3) is 10.9 Å². The lowest BCUT2D eigenvalue weighted by Gasteiger charge is -2.06. The Morgan fingerprint density at radius 3 is 2.84 bits per heavy atom. The number of para-hydroxylation sites is 1. The number of benzene rings is 1. The lowest BCUT2D eigenvalue weighted by molar-refractivity contribution is 0.419. The van der Waals surface area contributed by atoms with Gasteiger partial charge < -0.3 is 4.74 Å². The molecule has 3 rings (SSSR count). The van der Waals surface area contributed by atoms with Gasteiger partial charge in [0.2, 0.25) is 11.1 Å². The third kappa shape index (κ3) is 2.46. The number of fused-ring (bicyclic) bond motifs is 1. The molecule has 2 aromatic heterocycles. The Morgan fingerprint density at radius 1 is 1.11 bits per heavy atom. The molecule has 0 fully saturated rings. The fraction of sp³-hybridized carbons (Fsp3) is 0. The molecule has 0 amide bonds. The van der Waals surface area contributed by atoms with Gasteiger partial charge in [-0.1, -0.05) is 18.2 Å². The summed E-state index contributed by atoms with van der Waals surface area (Å²) < 4.78 is 18.8. The standard InChI is InChI=1S/C13H7ClFN3O/c14-13-17-7-10(15)12(18-13)19-9-5-8-3-1-2-4-11(8)16-6-9/h1-7H. The van der Waals surface area contributed by atoms with Gasteiger partial charge in [-0.05, 0) is 23.7 Å². The molecule has 0 aliphatic carbocycles. The van der Waals surface area contributed by atoms with Crippen LogP contribution < -0.4 is 4.74 Å². The summed E-state index contributed by atoms with van der Waals surface area (Å²) in [6, 6.07) is 9.28. The van der Waals surface area contributed by atoms with Crippen LogP contribution in [0, 0.1) is 5.82 Å². The van der Waals surface area contributed by atoms with Crippen LogP contribution in [-0.2, 0) is 0 Å². The van der Waals surface area contributed by atoms with Gasteiger partial charge in [0.1, 0.15) is 5.75 Å². The van der Waals surface area contributed by atoms with Gasteiger partial charge in [-0.25, -0.2) is 4.98 Å². The summed E-state index contributed by atoms with van der Waals surface area (Å²) in [7, 11) is 0. The molecular formula is C13H7ClFN3O. The first-order valence-electron chi connectivity index (χ1n) is 5.43. The van der Waals surface area contributed by atoms with Gasteiger partial charge in [-0.3, -0.25) is 4.98 Å². The van der Waals surface area contributed by atoms with Crippen molar-refractivity contribution in [3.8, 4) is 11.6 Å². The molecule has 0 saturated carbocycles. The number of ether oxygens (including phenoxy) is 1. The van der Waals surface area contributed by atoms with E-state index in [1.165, 1.54) is 6.20 Å². The number of hydrogen-bond acceptors (Lipinski definition) is 4. The highest BCUT2D eigenvalue weighted by molar-refractivity contribution is 6.28. The number of rotatable bonds is 2. The topological polar surface area (TPSA) is 47.9 Å². The molecule has 0 atom stereocenters. The SMILES string of the molecule is Fc1cnc(Cl)nc1Oc1cnc2ccccc2c1.